The Hall–Kier alpha value is -3.03. The van der Waals surface area contributed by atoms with Gasteiger partial charge in [-0.25, -0.2) is 9.50 Å². The summed E-state index contributed by atoms with van der Waals surface area (Å²) in [6.07, 6.45) is 8.70. The van der Waals surface area contributed by atoms with Gasteiger partial charge in [-0.1, -0.05) is 38.1 Å². The molecule has 2 fully saturated rings. The number of aryl methyl sites for hydroxylation is 1. The summed E-state index contributed by atoms with van der Waals surface area (Å²) in [4.78, 5) is 6.92. The van der Waals surface area contributed by atoms with Crippen molar-refractivity contribution in [2.24, 2.45) is 0 Å². The highest BCUT2D eigenvalue weighted by Crippen LogP contribution is 2.39. The van der Waals surface area contributed by atoms with Gasteiger partial charge in [-0.05, 0) is 68.7 Å². The van der Waals surface area contributed by atoms with Crippen LogP contribution in [0.4, 0.5) is 0 Å². The molecular weight excluding hydrogens is 448 g/mol. The van der Waals surface area contributed by atoms with Crippen LogP contribution in [0.2, 0.25) is 0 Å². The van der Waals surface area contributed by atoms with Crippen molar-refractivity contribution >= 4 is 5.65 Å². The van der Waals surface area contributed by atoms with E-state index in [1.807, 2.05) is 10.7 Å². The van der Waals surface area contributed by atoms with Crippen molar-refractivity contribution in [3.8, 4) is 22.5 Å². The second-order valence-corrected chi connectivity index (χ2v) is 10.9. The van der Waals surface area contributed by atoms with E-state index in [1.165, 1.54) is 42.4 Å². The first-order valence-electron chi connectivity index (χ1n) is 13.3. The van der Waals surface area contributed by atoms with E-state index in [9.17, 15) is 0 Å². The number of aromatic nitrogens is 5. The number of nitrogens with one attached hydrogen (secondary N) is 1. The maximum Gasteiger partial charge on any atom is 0.158 e. The third kappa shape index (κ3) is 4.14. The van der Waals surface area contributed by atoms with Crippen LogP contribution >= 0.6 is 0 Å². The van der Waals surface area contributed by atoms with E-state index in [-0.39, 0.29) is 0 Å². The molecule has 0 atom stereocenters. The molecule has 1 aliphatic heterocycles. The molecule has 3 aromatic heterocycles. The second-order valence-electron chi connectivity index (χ2n) is 10.9. The van der Waals surface area contributed by atoms with Crippen molar-refractivity contribution in [3.63, 3.8) is 0 Å². The molecule has 0 radical (unpaired) electrons. The number of nitrogens with zero attached hydrogens (tertiary/aromatic N) is 5. The number of benzene rings is 1. The topological polar surface area (TPSA) is 71.3 Å². The fourth-order valence-corrected chi connectivity index (χ4v) is 6.07. The van der Waals surface area contributed by atoms with Crippen LogP contribution in [0.1, 0.15) is 68.1 Å². The third-order valence-electron chi connectivity index (χ3n) is 8.35. The molecule has 1 N–H and O–H groups in total. The molecule has 7 heteroatoms. The molecular formula is C29H36N6O. The predicted octanol–water partition coefficient (Wildman–Crippen LogP) is 5.58. The number of fused-ring (bicyclic) bond motifs is 1. The van der Waals surface area contributed by atoms with Gasteiger partial charge in [0.15, 0.2) is 5.65 Å². The van der Waals surface area contributed by atoms with Crippen LogP contribution in [0.5, 0.6) is 0 Å². The molecule has 4 aromatic rings. The fraction of sp³-hybridized carbons (Fsp3) is 0.483. The van der Waals surface area contributed by atoms with Gasteiger partial charge < -0.3 is 4.74 Å². The van der Waals surface area contributed by atoms with Gasteiger partial charge in [0.25, 0.3) is 0 Å². The summed E-state index contributed by atoms with van der Waals surface area (Å²) in [7, 11) is 2.28. The van der Waals surface area contributed by atoms with Gasteiger partial charge >= 0.3 is 0 Å². The SMILES string of the molecule is Cc1cc(-c2[nH]nc(-c3ccc(C4CCC(N(C)C5COC5)CC4)cc3)c2C(C)C)cn2ncnc12. The van der Waals surface area contributed by atoms with Crippen LogP contribution in [0, 0.1) is 6.92 Å². The Kier molecular flexibility index (Phi) is 6.13. The summed E-state index contributed by atoms with van der Waals surface area (Å²) in [5, 5.41) is 12.5. The van der Waals surface area contributed by atoms with Crippen molar-refractivity contribution in [2.75, 3.05) is 20.3 Å². The first-order chi connectivity index (χ1) is 17.5. The molecule has 0 spiro atoms. The summed E-state index contributed by atoms with van der Waals surface area (Å²) < 4.78 is 7.24. The molecule has 1 saturated carbocycles. The van der Waals surface area contributed by atoms with Crippen LogP contribution in [0.15, 0.2) is 42.9 Å². The summed E-state index contributed by atoms with van der Waals surface area (Å²) in [5.41, 5.74) is 9.03. The van der Waals surface area contributed by atoms with Gasteiger partial charge in [-0.15, -0.1) is 0 Å². The lowest BCUT2D eigenvalue weighted by Gasteiger charge is -2.42. The number of H-pyrrole nitrogens is 1. The van der Waals surface area contributed by atoms with Crippen molar-refractivity contribution < 1.29 is 4.74 Å². The standard InChI is InChI=1S/C29H36N6O/c1-18(2)26-27(32-33-28(26)23-13-19(3)29-30-17-31-35(29)14-23)22-7-5-20(6-8-22)21-9-11-24(12-10-21)34(4)25-15-36-16-25/h5-8,13-14,17-18,21,24-25H,9-12,15-16H2,1-4H3,(H,32,33). The third-order valence-corrected chi connectivity index (χ3v) is 8.35. The minimum atomic E-state index is 0.327. The smallest absolute Gasteiger partial charge is 0.158 e. The molecule has 188 valence electrons. The van der Waals surface area contributed by atoms with E-state index in [0.717, 1.165) is 41.4 Å². The minimum Gasteiger partial charge on any atom is -0.378 e. The largest absolute Gasteiger partial charge is 0.378 e. The molecule has 1 aliphatic carbocycles. The quantitative estimate of drug-likeness (QED) is 0.387. The highest BCUT2D eigenvalue weighted by atomic mass is 16.5. The number of hydrogen-bond acceptors (Lipinski definition) is 5. The fourth-order valence-electron chi connectivity index (χ4n) is 6.07. The van der Waals surface area contributed by atoms with Crippen molar-refractivity contribution in [3.05, 3.63) is 59.5 Å². The molecule has 6 rings (SSSR count). The molecule has 0 bridgehead atoms. The van der Waals surface area contributed by atoms with Crippen LogP contribution in [0.25, 0.3) is 28.2 Å². The number of rotatable bonds is 6. The highest BCUT2D eigenvalue weighted by Gasteiger charge is 2.31. The lowest BCUT2D eigenvalue weighted by atomic mass is 9.80. The van der Waals surface area contributed by atoms with E-state index < -0.39 is 0 Å². The number of aromatic amines is 1. The lowest BCUT2D eigenvalue weighted by Crippen LogP contribution is -2.52. The Bertz CT molecular complexity index is 1340. The summed E-state index contributed by atoms with van der Waals surface area (Å²) >= 11 is 0. The highest BCUT2D eigenvalue weighted by molar-refractivity contribution is 5.76. The molecule has 1 saturated heterocycles. The molecule has 1 aromatic carbocycles. The Morgan fingerprint density at radius 3 is 2.44 bits per heavy atom. The van der Waals surface area contributed by atoms with Gasteiger partial charge in [0.05, 0.1) is 30.6 Å². The summed E-state index contributed by atoms with van der Waals surface area (Å²) in [6, 6.07) is 12.7. The average Bonchev–Trinajstić information content (AvgIpc) is 3.51. The molecule has 2 aliphatic rings. The zero-order valence-corrected chi connectivity index (χ0v) is 21.7. The number of ether oxygens (including phenoxy) is 1. The predicted molar refractivity (Wildman–Crippen MR) is 142 cm³/mol. The van der Waals surface area contributed by atoms with Crippen molar-refractivity contribution in [1.82, 2.24) is 29.7 Å². The number of likely N-dealkylation sites (N-methyl/N-ethyl adjacent to an activating group) is 1. The number of pyridine rings is 1. The maximum atomic E-state index is 5.40. The first kappa shape index (κ1) is 23.4. The Morgan fingerprint density at radius 2 is 1.78 bits per heavy atom. The van der Waals surface area contributed by atoms with E-state index >= 15 is 0 Å². The van der Waals surface area contributed by atoms with E-state index in [1.54, 1.807) is 6.33 Å². The zero-order valence-electron chi connectivity index (χ0n) is 21.7. The Labute approximate surface area is 212 Å². The molecule has 4 heterocycles. The van der Waals surface area contributed by atoms with Gasteiger partial charge in [0.2, 0.25) is 0 Å². The Morgan fingerprint density at radius 1 is 1.03 bits per heavy atom. The normalized spacial score (nSPS) is 20.9. The summed E-state index contributed by atoms with van der Waals surface area (Å²) in [6.45, 7) is 8.35. The molecule has 0 unspecified atom stereocenters. The van der Waals surface area contributed by atoms with Gasteiger partial charge in [0, 0.05) is 28.9 Å². The van der Waals surface area contributed by atoms with E-state index in [0.29, 0.717) is 23.9 Å². The first-order valence-corrected chi connectivity index (χ1v) is 13.3. The van der Waals surface area contributed by atoms with Crippen LogP contribution in [0.3, 0.4) is 0 Å². The van der Waals surface area contributed by atoms with Gasteiger partial charge in [-0.2, -0.15) is 10.2 Å². The van der Waals surface area contributed by atoms with Gasteiger partial charge in [-0.3, -0.25) is 10.00 Å². The van der Waals surface area contributed by atoms with Crippen LogP contribution in [-0.4, -0.2) is 62.0 Å². The molecule has 0 amide bonds. The minimum absolute atomic E-state index is 0.327. The Balaban J connectivity index is 1.22. The average molecular weight is 485 g/mol. The molecule has 7 nitrogen and oxygen atoms in total. The molecule has 36 heavy (non-hydrogen) atoms. The van der Waals surface area contributed by atoms with Crippen LogP contribution < -0.4 is 0 Å². The van der Waals surface area contributed by atoms with E-state index in [4.69, 9.17) is 9.84 Å². The number of hydrogen-bond donors (Lipinski definition) is 1. The van der Waals surface area contributed by atoms with Crippen molar-refractivity contribution in [1.29, 1.82) is 0 Å². The second kappa shape index (κ2) is 9.45. The lowest BCUT2D eigenvalue weighted by molar-refractivity contribution is -0.0738. The monoisotopic (exact) mass is 484 g/mol. The van der Waals surface area contributed by atoms with Crippen molar-refractivity contribution in [2.45, 2.75) is 70.4 Å². The van der Waals surface area contributed by atoms with E-state index in [2.05, 4.69) is 78.2 Å². The van der Waals surface area contributed by atoms with Crippen LogP contribution in [-0.2, 0) is 4.74 Å². The summed E-state index contributed by atoms with van der Waals surface area (Å²) in [5.74, 6) is 0.978. The maximum absolute atomic E-state index is 5.40. The zero-order chi connectivity index (χ0) is 24.8. The van der Waals surface area contributed by atoms with Gasteiger partial charge in [0.1, 0.15) is 6.33 Å².